The van der Waals surface area contributed by atoms with E-state index < -0.39 is 0 Å². The Kier molecular flexibility index (Phi) is 5.08. The number of aryl methyl sites for hydroxylation is 2. The number of H-pyrrole nitrogens is 1. The van der Waals surface area contributed by atoms with E-state index in [0.29, 0.717) is 5.92 Å². The van der Waals surface area contributed by atoms with Crippen molar-refractivity contribution in [2.75, 3.05) is 13.1 Å². The van der Waals surface area contributed by atoms with Crippen molar-refractivity contribution >= 4 is 11.3 Å². The Labute approximate surface area is 157 Å². The van der Waals surface area contributed by atoms with Crippen LogP contribution in [0.4, 0.5) is 0 Å². The van der Waals surface area contributed by atoms with E-state index in [1.54, 1.807) is 17.5 Å². The van der Waals surface area contributed by atoms with Crippen LogP contribution in [0.25, 0.3) is 11.5 Å². The zero-order chi connectivity index (χ0) is 17.9. The quantitative estimate of drug-likeness (QED) is 0.747. The Hall–Kier alpha value is -2.12. The number of piperidine rings is 1. The minimum absolute atomic E-state index is 0.677. The molecule has 26 heavy (non-hydrogen) atoms. The number of rotatable bonds is 5. The van der Waals surface area contributed by atoms with E-state index in [2.05, 4.69) is 31.8 Å². The van der Waals surface area contributed by atoms with Gasteiger partial charge in [0.05, 0.1) is 23.1 Å². The van der Waals surface area contributed by atoms with Crippen molar-refractivity contribution in [2.24, 2.45) is 5.92 Å². The van der Waals surface area contributed by atoms with Crippen molar-refractivity contribution in [3.63, 3.8) is 0 Å². The lowest BCUT2D eigenvalue weighted by atomic mass is 9.92. The minimum atomic E-state index is 0.677. The molecule has 0 aromatic carbocycles. The van der Waals surface area contributed by atoms with Crippen LogP contribution >= 0.6 is 11.3 Å². The lowest BCUT2D eigenvalue weighted by Gasteiger charge is -2.31. The first-order chi connectivity index (χ1) is 12.7. The summed E-state index contributed by atoms with van der Waals surface area (Å²) in [5, 5.41) is 0. The maximum Gasteiger partial charge on any atom is 0.157 e. The molecule has 7 heteroatoms. The van der Waals surface area contributed by atoms with Crippen molar-refractivity contribution in [1.29, 1.82) is 0 Å². The highest BCUT2D eigenvalue weighted by Crippen LogP contribution is 2.24. The molecule has 1 N–H and O–H groups in total. The van der Waals surface area contributed by atoms with E-state index in [1.165, 1.54) is 23.4 Å². The van der Waals surface area contributed by atoms with Gasteiger partial charge in [0, 0.05) is 29.5 Å². The third-order valence-corrected chi connectivity index (χ3v) is 5.97. The maximum atomic E-state index is 4.77. The summed E-state index contributed by atoms with van der Waals surface area (Å²) in [5.74, 6) is 1.48. The molecule has 3 aromatic rings. The van der Waals surface area contributed by atoms with Crippen LogP contribution in [0, 0.1) is 19.8 Å². The highest BCUT2D eigenvalue weighted by atomic mass is 32.1. The molecule has 0 saturated carbocycles. The Morgan fingerprint density at radius 3 is 2.69 bits per heavy atom. The van der Waals surface area contributed by atoms with Gasteiger partial charge in [0.1, 0.15) is 5.69 Å². The van der Waals surface area contributed by atoms with Gasteiger partial charge in [-0.25, -0.2) is 15.0 Å². The highest BCUT2D eigenvalue weighted by molar-refractivity contribution is 7.09. The van der Waals surface area contributed by atoms with Crippen LogP contribution in [-0.2, 0) is 13.0 Å². The minimum Gasteiger partial charge on any atom is -0.341 e. The van der Waals surface area contributed by atoms with Gasteiger partial charge in [-0.1, -0.05) is 0 Å². The van der Waals surface area contributed by atoms with Gasteiger partial charge in [0.25, 0.3) is 0 Å². The summed E-state index contributed by atoms with van der Waals surface area (Å²) in [6, 6.07) is 0. The molecule has 0 aliphatic carbocycles. The van der Waals surface area contributed by atoms with Crippen LogP contribution < -0.4 is 0 Å². The zero-order valence-corrected chi connectivity index (χ0v) is 16.1. The van der Waals surface area contributed by atoms with Gasteiger partial charge >= 0.3 is 0 Å². The van der Waals surface area contributed by atoms with Gasteiger partial charge < -0.3 is 4.98 Å². The van der Waals surface area contributed by atoms with Crippen LogP contribution in [-0.4, -0.2) is 42.9 Å². The molecule has 4 rings (SSSR count). The SMILES string of the molecule is Cc1cnc(-c2cncc(CC3CCN(Cc4scnc4C)CC3)n2)[nH]1. The second kappa shape index (κ2) is 7.63. The number of hydrogen-bond donors (Lipinski definition) is 1. The molecule has 0 unspecified atom stereocenters. The van der Waals surface area contributed by atoms with E-state index in [9.17, 15) is 0 Å². The predicted octanol–water partition coefficient (Wildman–Crippen LogP) is 3.39. The summed E-state index contributed by atoms with van der Waals surface area (Å²) in [6.07, 6.45) is 8.92. The third kappa shape index (κ3) is 3.99. The summed E-state index contributed by atoms with van der Waals surface area (Å²) in [6.45, 7) is 7.43. The Balaban J connectivity index is 1.34. The van der Waals surface area contributed by atoms with E-state index in [-0.39, 0.29) is 0 Å². The number of nitrogens with one attached hydrogen (secondary N) is 1. The number of aromatic amines is 1. The fourth-order valence-electron chi connectivity index (χ4n) is 3.49. The van der Waals surface area contributed by atoms with E-state index >= 15 is 0 Å². The average Bonchev–Trinajstić information content (AvgIpc) is 3.26. The molecular weight excluding hydrogens is 344 g/mol. The summed E-state index contributed by atoms with van der Waals surface area (Å²) in [5.41, 5.74) is 6.05. The predicted molar refractivity (Wildman–Crippen MR) is 103 cm³/mol. The first kappa shape index (κ1) is 17.3. The van der Waals surface area contributed by atoms with Gasteiger partial charge in [-0.3, -0.25) is 9.88 Å². The number of imidazole rings is 1. The van der Waals surface area contributed by atoms with Crippen LogP contribution in [0.1, 0.15) is 34.8 Å². The molecule has 0 atom stereocenters. The summed E-state index contributed by atoms with van der Waals surface area (Å²) in [7, 11) is 0. The van der Waals surface area contributed by atoms with E-state index in [0.717, 1.165) is 49.0 Å². The first-order valence-corrected chi connectivity index (χ1v) is 9.99. The number of thiazole rings is 1. The third-order valence-electron chi connectivity index (χ3n) is 5.05. The Morgan fingerprint density at radius 1 is 1.15 bits per heavy atom. The van der Waals surface area contributed by atoms with Crippen molar-refractivity contribution in [3.8, 4) is 11.5 Å². The molecule has 0 spiro atoms. The molecule has 136 valence electrons. The van der Waals surface area contributed by atoms with Crippen molar-refractivity contribution in [1.82, 2.24) is 29.8 Å². The van der Waals surface area contributed by atoms with Crippen LogP contribution in [0.5, 0.6) is 0 Å². The molecule has 0 radical (unpaired) electrons. The van der Waals surface area contributed by atoms with Crippen LogP contribution in [0.3, 0.4) is 0 Å². The lowest BCUT2D eigenvalue weighted by molar-refractivity contribution is 0.177. The van der Waals surface area contributed by atoms with Crippen molar-refractivity contribution < 1.29 is 0 Å². The van der Waals surface area contributed by atoms with Gasteiger partial charge in [-0.15, -0.1) is 11.3 Å². The normalized spacial score (nSPS) is 16.2. The zero-order valence-electron chi connectivity index (χ0n) is 15.3. The number of nitrogens with zero attached hydrogens (tertiary/aromatic N) is 5. The second-order valence-electron chi connectivity index (χ2n) is 7.10. The van der Waals surface area contributed by atoms with Gasteiger partial charge in [-0.2, -0.15) is 0 Å². The average molecular weight is 369 g/mol. The lowest BCUT2D eigenvalue weighted by Crippen LogP contribution is -2.33. The maximum absolute atomic E-state index is 4.77. The van der Waals surface area contributed by atoms with Gasteiger partial charge in [0.15, 0.2) is 5.82 Å². The molecule has 0 amide bonds. The summed E-state index contributed by atoms with van der Waals surface area (Å²) >= 11 is 1.77. The van der Waals surface area contributed by atoms with Crippen molar-refractivity contribution in [2.45, 2.75) is 39.7 Å². The monoisotopic (exact) mass is 368 g/mol. The highest BCUT2D eigenvalue weighted by Gasteiger charge is 2.21. The number of hydrogen-bond acceptors (Lipinski definition) is 6. The van der Waals surface area contributed by atoms with Crippen LogP contribution in [0.15, 0.2) is 24.1 Å². The molecule has 3 aromatic heterocycles. The van der Waals surface area contributed by atoms with Gasteiger partial charge in [-0.05, 0) is 52.1 Å². The molecule has 6 nitrogen and oxygen atoms in total. The first-order valence-electron chi connectivity index (χ1n) is 9.11. The Morgan fingerprint density at radius 2 is 2.00 bits per heavy atom. The van der Waals surface area contributed by atoms with E-state index in [4.69, 9.17) is 4.98 Å². The fraction of sp³-hybridized carbons (Fsp3) is 0.474. The molecule has 4 heterocycles. The van der Waals surface area contributed by atoms with Gasteiger partial charge in [0.2, 0.25) is 0 Å². The molecule has 1 saturated heterocycles. The molecule has 0 bridgehead atoms. The number of likely N-dealkylation sites (tertiary alicyclic amines) is 1. The smallest absolute Gasteiger partial charge is 0.157 e. The van der Waals surface area contributed by atoms with E-state index in [1.807, 2.05) is 24.8 Å². The largest absolute Gasteiger partial charge is 0.341 e. The summed E-state index contributed by atoms with van der Waals surface area (Å²) < 4.78 is 0. The second-order valence-corrected chi connectivity index (χ2v) is 8.03. The molecule has 1 fully saturated rings. The molecular formula is C19H24N6S. The fourth-order valence-corrected chi connectivity index (χ4v) is 4.31. The van der Waals surface area contributed by atoms with Crippen LogP contribution in [0.2, 0.25) is 0 Å². The van der Waals surface area contributed by atoms with Crippen molar-refractivity contribution in [3.05, 3.63) is 46.1 Å². The molecule has 1 aliphatic heterocycles. The topological polar surface area (TPSA) is 70.6 Å². The number of aromatic nitrogens is 5. The Bertz CT molecular complexity index is 862. The molecule has 1 aliphatic rings. The standard InChI is InChI=1S/C19H24N6S/c1-13-8-21-19(23-13)17-10-20-9-16(24-17)7-15-3-5-25(6-4-15)11-18-14(2)22-12-26-18/h8-10,12,15H,3-7,11H2,1-2H3,(H,21,23). The summed E-state index contributed by atoms with van der Waals surface area (Å²) in [4.78, 5) is 25.0.